The van der Waals surface area contributed by atoms with Gasteiger partial charge in [-0.2, -0.15) is 0 Å². The summed E-state index contributed by atoms with van der Waals surface area (Å²) < 4.78 is 25.8. The molecule has 0 atom stereocenters. The first-order chi connectivity index (χ1) is 9.97. The van der Waals surface area contributed by atoms with Gasteiger partial charge in [0.05, 0.1) is 5.56 Å². The summed E-state index contributed by atoms with van der Waals surface area (Å²) in [4.78, 5) is 22.5. The maximum Gasteiger partial charge on any atom is 0.335 e. The predicted octanol–water partition coefficient (Wildman–Crippen LogP) is 2.59. The van der Waals surface area contributed by atoms with Gasteiger partial charge in [0.1, 0.15) is 0 Å². The summed E-state index contributed by atoms with van der Waals surface area (Å²) >= 11 is 0. The van der Waals surface area contributed by atoms with E-state index in [2.05, 4.69) is 5.32 Å². The summed E-state index contributed by atoms with van der Waals surface area (Å²) in [7, 11) is 0. The maximum atomic E-state index is 13.0. The van der Waals surface area contributed by atoms with Crippen LogP contribution >= 0.6 is 0 Å². The molecule has 0 fully saturated rings. The van der Waals surface area contributed by atoms with Gasteiger partial charge in [-0.1, -0.05) is 6.07 Å². The number of rotatable bonds is 4. The number of amides is 1. The molecule has 0 radical (unpaired) electrons. The van der Waals surface area contributed by atoms with Gasteiger partial charge in [0.25, 0.3) is 5.91 Å². The van der Waals surface area contributed by atoms with Crippen molar-refractivity contribution in [2.45, 2.75) is 6.54 Å². The topological polar surface area (TPSA) is 66.4 Å². The van der Waals surface area contributed by atoms with E-state index in [1.54, 1.807) is 0 Å². The zero-order chi connectivity index (χ0) is 15.4. The molecule has 1 amide bonds. The van der Waals surface area contributed by atoms with Crippen LogP contribution in [0.3, 0.4) is 0 Å². The third kappa shape index (κ3) is 3.62. The van der Waals surface area contributed by atoms with Gasteiger partial charge in [-0.05, 0) is 42.0 Å². The smallest absolute Gasteiger partial charge is 0.335 e. The molecular weight excluding hydrogens is 280 g/mol. The van der Waals surface area contributed by atoms with Crippen LogP contribution in [-0.2, 0) is 6.54 Å². The van der Waals surface area contributed by atoms with Crippen molar-refractivity contribution < 1.29 is 23.5 Å². The number of halogens is 2. The van der Waals surface area contributed by atoms with Crippen LogP contribution in [0.2, 0.25) is 0 Å². The molecule has 2 N–H and O–H groups in total. The van der Waals surface area contributed by atoms with E-state index in [4.69, 9.17) is 5.11 Å². The van der Waals surface area contributed by atoms with Gasteiger partial charge < -0.3 is 10.4 Å². The van der Waals surface area contributed by atoms with Crippen LogP contribution in [0.25, 0.3) is 0 Å². The van der Waals surface area contributed by atoms with Crippen LogP contribution < -0.4 is 5.32 Å². The summed E-state index contributed by atoms with van der Waals surface area (Å²) in [5.41, 5.74) is 0.777. The molecule has 4 nitrogen and oxygen atoms in total. The first-order valence-corrected chi connectivity index (χ1v) is 6.03. The molecule has 2 aromatic rings. The Balaban J connectivity index is 2.01. The Bertz CT molecular complexity index is 684. The van der Waals surface area contributed by atoms with Crippen molar-refractivity contribution in [3.05, 3.63) is 70.8 Å². The van der Waals surface area contributed by atoms with Crippen LogP contribution in [0, 0.1) is 11.6 Å². The highest BCUT2D eigenvalue weighted by molar-refractivity contribution is 5.95. The Hall–Kier alpha value is -2.76. The van der Waals surface area contributed by atoms with Gasteiger partial charge in [-0.3, -0.25) is 4.79 Å². The number of hydrogen-bond acceptors (Lipinski definition) is 2. The van der Waals surface area contributed by atoms with Gasteiger partial charge in [0.2, 0.25) is 0 Å². The highest BCUT2D eigenvalue weighted by Gasteiger charge is 2.08. The van der Waals surface area contributed by atoms with E-state index in [9.17, 15) is 18.4 Å². The monoisotopic (exact) mass is 291 g/mol. The molecule has 0 spiro atoms. The average Bonchev–Trinajstić information content (AvgIpc) is 2.48. The van der Waals surface area contributed by atoms with Gasteiger partial charge in [0, 0.05) is 12.1 Å². The lowest BCUT2D eigenvalue weighted by Crippen LogP contribution is -2.22. The third-order valence-electron chi connectivity index (χ3n) is 2.83. The van der Waals surface area contributed by atoms with Gasteiger partial charge in [0.15, 0.2) is 11.6 Å². The van der Waals surface area contributed by atoms with E-state index in [0.717, 1.165) is 12.1 Å². The lowest BCUT2D eigenvalue weighted by atomic mass is 10.1. The molecule has 0 saturated carbocycles. The summed E-state index contributed by atoms with van der Waals surface area (Å²) in [6.45, 7) is 0.0384. The zero-order valence-corrected chi connectivity index (χ0v) is 10.8. The lowest BCUT2D eigenvalue weighted by molar-refractivity contribution is 0.0696. The molecule has 2 aromatic carbocycles. The average molecular weight is 291 g/mol. The van der Waals surface area contributed by atoms with E-state index in [1.165, 1.54) is 30.3 Å². The van der Waals surface area contributed by atoms with Crippen molar-refractivity contribution in [3.8, 4) is 0 Å². The molecule has 108 valence electrons. The quantitative estimate of drug-likeness (QED) is 0.910. The number of carboxylic acids is 1. The second-order valence-electron chi connectivity index (χ2n) is 4.31. The van der Waals surface area contributed by atoms with Crippen molar-refractivity contribution in [2.24, 2.45) is 0 Å². The second kappa shape index (κ2) is 6.13. The van der Waals surface area contributed by atoms with E-state index < -0.39 is 23.5 Å². The first kappa shape index (κ1) is 14.6. The summed E-state index contributed by atoms with van der Waals surface area (Å²) in [5.74, 6) is -3.44. The number of nitrogens with one attached hydrogen (secondary N) is 1. The van der Waals surface area contributed by atoms with Crippen LogP contribution in [0.4, 0.5) is 8.78 Å². The largest absolute Gasteiger partial charge is 0.478 e. The molecular formula is C15H11F2NO3. The number of aromatic carboxylic acids is 1. The molecule has 0 saturated heterocycles. The van der Waals surface area contributed by atoms with Crippen molar-refractivity contribution in [2.75, 3.05) is 0 Å². The maximum absolute atomic E-state index is 13.0. The number of carbonyl (C=O) groups is 2. The molecule has 0 aliphatic rings. The normalized spacial score (nSPS) is 10.2. The fraction of sp³-hybridized carbons (Fsp3) is 0.0667. The molecule has 0 unspecified atom stereocenters. The van der Waals surface area contributed by atoms with Gasteiger partial charge >= 0.3 is 5.97 Å². The minimum Gasteiger partial charge on any atom is -0.478 e. The summed E-state index contributed by atoms with van der Waals surface area (Å²) in [6.07, 6.45) is 0. The van der Waals surface area contributed by atoms with E-state index in [0.29, 0.717) is 5.56 Å². The molecule has 0 aliphatic carbocycles. The van der Waals surface area contributed by atoms with E-state index in [1.807, 2.05) is 0 Å². The van der Waals surface area contributed by atoms with Gasteiger partial charge in [-0.25, -0.2) is 13.6 Å². The van der Waals surface area contributed by atoms with E-state index >= 15 is 0 Å². The minimum atomic E-state index is -1.08. The van der Waals surface area contributed by atoms with Crippen molar-refractivity contribution in [3.63, 3.8) is 0 Å². The fourth-order valence-electron chi connectivity index (χ4n) is 1.70. The molecule has 0 heterocycles. The molecule has 21 heavy (non-hydrogen) atoms. The first-order valence-electron chi connectivity index (χ1n) is 6.03. The Labute approximate surface area is 119 Å². The molecule has 0 aromatic heterocycles. The number of carbonyl (C=O) groups excluding carboxylic acids is 1. The Morgan fingerprint density at radius 2 is 1.57 bits per heavy atom. The standard InChI is InChI=1S/C15H11F2NO3/c16-12-6-1-9(7-13(12)17)8-18-14(19)10-2-4-11(5-3-10)15(20)21/h1-7H,8H2,(H,18,19)(H,20,21). The highest BCUT2D eigenvalue weighted by Crippen LogP contribution is 2.09. The van der Waals surface area contributed by atoms with Crippen LogP contribution in [0.1, 0.15) is 26.3 Å². The third-order valence-corrected chi connectivity index (χ3v) is 2.83. The Morgan fingerprint density at radius 1 is 0.952 bits per heavy atom. The molecule has 0 aliphatic heterocycles. The molecule has 6 heteroatoms. The van der Waals surface area contributed by atoms with Crippen LogP contribution in [-0.4, -0.2) is 17.0 Å². The lowest BCUT2D eigenvalue weighted by Gasteiger charge is -2.06. The van der Waals surface area contributed by atoms with Crippen LogP contribution in [0.15, 0.2) is 42.5 Å². The number of hydrogen-bond donors (Lipinski definition) is 2. The van der Waals surface area contributed by atoms with E-state index in [-0.39, 0.29) is 17.7 Å². The molecule has 2 rings (SSSR count). The van der Waals surface area contributed by atoms with Crippen LogP contribution in [0.5, 0.6) is 0 Å². The zero-order valence-electron chi connectivity index (χ0n) is 10.8. The molecule has 0 bridgehead atoms. The van der Waals surface area contributed by atoms with Gasteiger partial charge in [-0.15, -0.1) is 0 Å². The Kier molecular flexibility index (Phi) is 4.27. The fourth-order valence-corrected chi connectivity index (χ4v) is 1.70. The van der Waals surface area contributed by atoms with Crippen molar-refractivity contribution in [1.29, 1.82) is 0 Å². The summed E-state index contributed by atoms with van der Waals surface area (Å²) in [6, 6.07) is 8.74. The Morgan fingerprint density at radius 3 is 2.14 bits per heavy atom. The summed E-state index contributed by atoms with van der Waals surface area (Å²) in [5, 5.41) is 11.3. The highest BCUT2D eigenvalue weighted by atomic mass is 19.2. The number of carboxylic acid groups (broad SMARTS) is 1. The van der Waals surface area contributed by atoms with Crippen molar-refractivity contribution in [1.82, 2.24) is 5.32 Å². The minimum absolute atomic E-state index is 0.0384. The SMILES string of the molecule is O=C(O)c1ccc(C(=O)NCc2ccc(F)c(F)c2)cc1. The number of benzene rings is 2. The van der Waals surface area contributed by atoms with Crippen molar-refractivity contribution >= 4 is 11.9 Å². The second-order valence-corrected chi connectivity index (χ2v) is 4.31. The predicted molar refractivity (Wildman–Crippen MR) is 70.9 cm³/mol.